The Morgan fingerprint density at radius 3 is 1.69 bits per heavy atom. The number of aryl methyl sites for hydroxylation is 1. The van der Waals surface area contributed by atoms with E-state index >= 15 is 0 Å². The van der Waals surface area contributed by atoms with E-state index in [1.54, 1.807) is 44.7 Å². The summed E-state index contributed by atoms with van der Waals surface area (Å²) in [5.74, 6) is 4.51. The lowest BCUT2D eigenvalue weighted by Crippen LogP contribution is -2.44. The van der Waals surface area contributed by atoms with E-state index in [0.717, 1.165) is 41.7 Å². The second-order valence-electron chi connectivity index (χ2n) is 14.7. The highest BCUT2D eigenvalue weighted by Gasteiger charge is 2.40. The van der Waals surface area contributed by atoms with E-state index in [1.165, 1.54) is 5.56 Å². The van der Waals surface area contributed by atoms with Gasteiger partial charge in [-0.2, -0.15) is 0 Å². The molecule has 2 aliphatic carbocycles. The molecule has 1 heterocycles. The smallest absolute Gasteiger partial charge is 0.255 e. The number of aromatic nitrogens is 1. The van der Waals surface area contributed by atoms with Crippen molar-refractivity contribution >= 4 is 17.6 Å². The number of rotatable bonds is 11. The maximum absolute atomic E-state index is 12.9. The summed E-state index contributed by atoms with van der Waals surface area (Å²) in [6.45, 7) is 0.991. The zero-order valence-electron chi connectivity index (χ0n) is 33.6. The average molecular weight is 804 g/mol. The first-order valence-electron chi connectivity index (χ1n) is 19.2. The summed E-state index contributed by atoms with van der Waals surface area (Å²) < 4.78 is 15.8. The second kappa shape index (κ2) is 21.5. The van der Waals surface area contributed by atoms with Gasteiger partial charge in [0.25, 0.3) is 11.8 Å². The van der Waals surface area contributed by atoms with Crippen LogP contribution in [0.3, 0.4) is 0 Å². The van der Waals surface area contributed by atoms with Crippen LogP contribution in [0.2, 0.25) is 0 Å². The number of nitrogens with zero attached hydrogens (tertiary/aromatic N) is 2. The van der Waals surface area contributed by atoms with Gasteiger partial charge in [-0.25, -0.2) is 5.90 Å². The van der Waals surface area contributed by atoms with Crippen molar-refractivity contribution in [2.75, 3.05) is 41.4 Å². The van der Waals surface area contributed by atoms with Crippen molar-refractivity contribution in [3.63, 3.8) is 0 Å². The minimum absolute atomic E-state index is 0. The molecule has 2 atom stereocenters. The fourth-order valence-corrected chi connectivity index (χ4v) is 7.87. The van der Waals surface area contributed by atoms with Crippen molar-refractivity contribution in [2.45, 2.75) is 56.8 Å². The molecule has 2 amide bonds. The Balaban J connectivity index is 0.000000247. The summed E-state index contributed by atoms with van der Waals surface area (Å²) in [4.78, 5) is 40.1. The van der Waals surface area contributed by atoms with Gasteiger partial charge in [-0.15, -0.1) is 0 Å². The van der Waals surface area contributed by atoms with Gasteiger partial charge in [-0.05, 0) is 67.5 Å². The highest BCUT2D eigenvalue weighted by Crippen LogP contribution is 2.41. The molecule has 12 heteroatoms. The first kappa shape index (κ1) is 45.5. The number of nitrogens with one attached hydrogen (secondary N) is 2. The lowest BCUT2D eigenvalue weighted by molar-refractivity contribution is -0.117. The van der Waals surface area contributed by atoms with Crippen LogP contribution in [0.1, 0.15) is 76.2 Å². The number of nitrogens with two attached hydrogens (primary N) is 1. The highest BCUT2D eigenvalue weighted by atomic mass is 16.5. The second-order valence-corrected chi connectivity index (χ2v) is 14.7. The number of allylic oxidation sites excluding steroid dienone is 1. The highest BCUT2D eigenvalue weighted by molar-refractivity contribution is 5.98. The van der Waals surface area contributed by atoms with E-state index < -0.39 is 0 Å². The van der Waals surface area contributed by atoms with E-state index in [2.05, 4.69) is 46.0 Å². The van der Waals surface area contributed by atoms with Crippen LogP contribution in [0.5, 0.6) is 11.5 Å². The van der Waals surface area contributed by atoms with E-state index in [1.807, 2.05) is 85.9 Å². The van der Waals surface area contributed by atoms with Crippen LogP contribution in [0, 0.1) is 0 Å². The molecular weight excluding hydrogens is 747 g/mol. The predicted molar refractivity (Wildman–Crippen MR) is 229 cm³/mol. The minimum atomic E-state index is -0.325. The Hall–Kier alpha value is -6.24. The van der Waals surface area contributed by atoms with Crippen molar-refractivity contribution < 1.29 is 33.6 Å². The maximum Gasteiger partial charge on any atom is 0.255 e. The van der Waals surface area contributed by atoms with Crippen LogP contribution in [0.4, 0.5) is 0 Å². The fraction of sp³-hybridized carbons (Fsp3) is 0.319. The van der Waals surface area contributed by atoms with Gasteiger partial charge in [0.15, 0.2) is 5.78 Å². The third-order valence-corrected chi connectivity index (χ3v) is 10.9. The molecule has 0 radical (unpaired) electrons. The van der Waals surface area contributed by atoms with Crippen LogP contribution < -0.4 is 26.0 Å². The number of hydrogen-bond donors (Lipinski definition) is 4. The largest absolute Gasteiger partial charge is 0.496 e. The van der Waals surface area contributed by atoms with Crippen molar-refractivity contribution in [3.8, 4) is 11.5 Å². The number of methoxy groups -OCH3 is 2. The quantitative estimate of drug-likeness (QED) is 0.0801. The third kappa shape index (κ3) is 11.0. The van der Waals surface area contributed by atoms with Gasteiger partial charge in [0.05, 0.1) is 31.0 Å². The van der Waals surface area contributed by atoms with Crippen LogP contribution >= 0.6 is 0 Å². The third-order valence-electron chi connectivity index (χ3n) is 10.9. The Kier molecular flexibility index (Phi) is 16.6. The van der Waals surface area contributed by atoms with Crippen molar-refractivity contribution in [3.05, 3.63) is 161 Å². The fourth-order valence-electron chi connectivity index (χ4n) is 7.87. The monoisotopic (exact) mass is 803 g/mol. The zero-order chi connectivity index (χ0) is 41.5. The lowest BCUT2D eigenvalue weighted by Gasteiger charge is -2.39. The molecule has 7 rings (SSSR count). The SMILES string of the molecule is C.COc1ccccc1C(=O)NCC1(c2ccccc2)CCC(=O)/C(=C\N(C)C)C1.COc1ccccc1C(=O)NCC1(c2ccccc2)CCc2nocc2C1.NO. The molecule has 4 aromatic carbocycles. The molecule has 0 saturated heterocycles. The molecule has 59 heavy (non-hydrogen) atoms. The Bertz CT molecular complexity index is 2150. The molecule has 2 aliphatic rings. The topological polar surface area (TPSA) is 169 Å². The van der Waals surface area contributed by atoms with E-state index in [0.29, 0.717) is 55.0 Å². The molecule has 1 fully saturated rings. The molecule has 0 spiro atoms. The lowest BCUT2D eigenvalue weighted by atomic mass is 9.67. The summed E-state index contributed by atoms with van der Waals surface area (Å²) >= 11 is 0. The number of benzene rings is 4. The van der Waals surface area contributed by atoms with Crippen molar-refractivity contribution in [1.29, 1.82) is 0 Å². The molecule has 0 aliphatic heterocycles. The summed E-state index contributed by atoms with van der Waals surface area (Å²) in [7, 11) is 6.97. The number of ether oxygens (including phenoxy) is 2. The summed E-state index contributed by atoms with van der Waals surface area (Å²) in [5.41, 5.74) is 5.85. The van der Waals surface area contributed by atoms with Crippen molar-refractivity contribution in [2.24, 2.45) is 5.90 Å². The van der Waals surface area contributed by atoms with Crippen LogP contribution in [-0.2, 0) is 28.5 Å². The molecule has 12 nitrogen and oxygen atoms in total. The summed E-state index contributed by atoms with van der Waals surface area (Å²) in [6, 6.07) is 35.0. The van der Waals surface area contributed by atoms with E-state index in [9.17, 15) is 14.4 Å². The van der Waals surface area contributed by atoms with Gasteiger partial charge in [0.1, 0.15) is 17.8 Å². The molecule has 312 valence electrons. The minimum Gasteiger partial charge on any atom is -0.496 e. The number of carbonyl (C=O) groups excluding carboxylic acids is 3. The predicted octanol–water partition coefficient (Wildman–Crippen LogP) is 7.07. The van der Waals surface area contributed by atoms with Crippen LogP contribution in [-0.4, -0.2) is 74.3 Å². The molecule has 0 bridgehead atoms. The van der Waals surface area contributed by atoms with Crippen molar-refractivity contribution in [1.82, 2.24) is 20.7 Å². The van der Waals surface area contributed by atoms with Gasteiger partial charge >= 0.3 is 0 Å². The Morgan fingerprint density at radius 2 is 1.20 bits per heavy atom. The number of hydrogen-bond acceptors (Lipinski definition) is 10. The van der Waals surface area contributed by atoms with E-state index in [4.69, 9.17) is 19.2 Å². The molecule has 2 unspecified atom stereocenters. The number of carbonyl (C=O) groups is 3. The molecular formula is C47H57N5O7. The zero-order valence-corrected chi connectivity index (χ0v) is 33.6. The first-order chi connectivity index (χ1) is 28.2. The molecule has 5 aromatic rings. The standard InChI is InChI=1S/C24H28N2O3.C22H22N2O3.CH4.H3NO/c1-26(2)16-18-15-24(14-13-21(18)27,19-9-5-4-6-10-19)17-25-23(28)20-11-7-8-12-22(20)29-3;1-26-20-10-6-5-9-18(20)21(25)23-15-22(17-7-3-2-4-8-17)12-11-19-16(13-22)14-27-24-19;;1-2/h4-12,16H,13-15,17H2,1-3H3,(H,25,28);2-10,14H,11-13,15H2,1H3,(H,23,25);1H4;2H,1H2/b18-16-;;;. The van der Waals surface area contributed by atoms with Crippen LogP contribution in [0.15, 0.2) is 132 Å². The molecule has 1 aromatic heterocycles. The number of ketones is 1. The Labute approximate surface area is 347 Å². The average Bonchev–Trinajstić information content (AvgIpc) is 3.75. The van der Waals surface area contributed by atoms with Gasteiger partial charge < -0.3 is 34.7 Å². The number of amides is 2. The number of Topliss-reactive ketones (excluding diaryl/α,β-unsaturated/α-hetero) is 1. The van der Waals surface area contributed by atoms with Gasteiger partial charge in [0.2, 0.25) is 0 Å². The summed E-state index contributed by atoms with van der Waals surface area (Å²) in [6.07, 6.45) is 7.94. The molecule has 1 saturated carbocycles. The van der Waals surface area contributed by atoms with Crippen LogP contribution in [0.25, 0.3) is 0 Å². The Morgan fingerprint density at radius 1 is 0.746 bits per heavy atom. The summed E-state index contributed by atoms with van der Waals surface area (Å²) in [5, 5.41) is 16.8. The normalized spacial score (nSPS) is 18.6. The van der Waals surface area contributed by atoms with Gasteiger partial charge in [0, 0.05) is 61.8 Å². The maximum atomic E-state index is 12.9. The van der Waals surface area contributed by atoms with Gasteiger partial charge in [-0.1, -0.05) is 97.5 Å². The first-order valence-corrected chi connectivity index (χ1v) is 19.2. The molecule has 5 N–H and O–H groups in total. The van der Waals surface area contributed by atoms with E-state index in [-0.39, 0.29) is 35.9 Å². The van der Waals surface area contributed by atoms with Gasteiger partial charge in [-0.3, -0.25) is 14.4 Å². The number of para-hydroxylation sites is 2. The number of fused-ring (bicyclic) bond motifs is 1.